The van der Waals surface area contributed by atoms with Crippen LogP contribution in [-0.4, -0.2) is 11.9 Å². The lowest BCUT2D eigenvalue weighted by molar-refractivity contribution is 0.745. The van der Waals surface area contributed by atoms with Crippen LogP contribution in [0.1, 0.15) is 0 Å². The fraction of sp³-hybridized carbons (Fsp3) is 0. The van der Waals surface area contributed by atoms with Gasteiger partial charge in [-0.25, -0.2) is 20.0 Å². The van der Waals surface area contributed by atoms with Gasteiger partial charge in [0.15, 0.2) is 0 Å². The van der Waals surface area contributed by atoms with Crippen molar-refractivity contribution in [3.8, 4) is 0 Å². The summed E-state index contributed by atoms with van der Waals surface area (Å²) in [7, 11) is 0. The van der Waals surface area contributed by atoms with Gasteiger partial charge in [-0.2, -0.15) is 0 Å². The molecule has 0 radical (unpaired) electrons. The maximum atomic E-state index is 6.47. The smallest absolute Gasteiger partial charge is 0.217 e. The van der Waals surface area contributed by atoms with E-state index >= 15 is 0 Å². The molecule has 0 bridgehead atoms. The molecule has 4 aromatic rings. The zero-order valence-corrected chi connectivity index (χ0v) is 18.0. The van der Waals surface area contributed by atoms with Crippen molar-refractivity contribution in [3.63, 3.8) is 0 Å². The molecule has 0 unspecified atom stereocenters. The quantitative estimate of drug-likeness (QED) is 0.232. The van der Waals surface area contributed by atoms with Crippen LogP contribution in [0.25, 0.3) is 0 Å². The Bertz CT molecular complexity index is 1100. The molecule has 0 atom stereocenters. The van der Waals surface area contributed by atoms with E-state index in [9.17, 15) is 0 Å². The average molecular weight is 436 g/mol. The van der Waals surface area contributed by atoms with Crippen LogP contribution in [0.5, 0.6) is 0 Å². The zero-order chi connectivity index (χ0) is 22.9. The van der Waals surface area contributed by atoms with Gasteiger partial charge in [-0.1, -0.05) is 72.8 Å². The Balaban J connectivity index is 1.74. The van der Waals surface area contributed by atoms with E-state index in [1.807, 2.05) is 121 Å². The van der Waals surface area contributed by atoms with E-state index in [-0.39, 0.29) is 11.9 Å². The molecule has 4 rings (SSSR count). The van der Waals surface area contributed by atoms with Crippen LogP contribution in [0, 0.1) is 0 Å². The molecule has 164 valence electrons. The Hall–Kier alpha value is -4.62. The maximum absolute atomic E-state index is 6.47. The first-order valence-electron chi connectivity index (χ1n) is 10.5. The number of nitrogens with zero attached hydrogens (tertiary/aromatic N) is 4. The highest BCUT2D eigenvalue weighted by Gasteiger charge is 2.19. The van der Waals surface area contributed by atoms with Crippen molar-refractivity contribution in [2.75, 3.05) is 10.0 Å². The predicted molar refractivity (Wildman–Crippen MR) is 136 cm³/mol. The number of benzene rings is 4. The van der Waals surface area contributed by atoms with Crippen LogP contribution < -0.4 is 27.0 Å². The minimum Gasteiger partial charge on any atom is -0.368 e. The standard InChI is InChI=1S/C26H25N7/c27-25(29-21-13-5-1-6-14-21)32(23-17-9-3-10-18-23)31-33(24-19-11-4-12-20-24)26(28)30-22-15-7-2-8-16-22/h1-20,31H,(H2,27,29)(H2,28,30). The first kappa shape index (κ1) is 21.6. The normalized spacial score (nSPS) is 11.8. The lowest BCUT2D eigenvalue weighted by atomic mass is 10.3. The van der Waals surface area contributed by atoms with Crippen molar-refractivity contribution >= 4 is 34.7 Å². The topological polar surface area (TPSA) is 95.3 Å². The van der Waals surface area contributed by atoms with Gasteiger partial charge in [0.2, 0.25) is 11.9 Å². The van der Waals surface area contributed by atoms with Gasteiger partial charge in [-0.3, -0.25) is 0 Å². The molecule has 0 heterocycles. The third-order valence-electron chi connectivity index (χ3n) is 4.69. The van der Waals surface area contributed by atoms with Gasteiger partial charge in [-0.05, 0) is 48.5 Å². The summed E-state index contributed by atoms with van der Waals surface area (Å²) in [5.41, 5.74) is 19.2. The summed E-state index contributed by atoms with van der Waals surface area (Å²) in [5.74, 6) is 0.474. The Labute approximate surface area is 193 Å². The molecule has 0 amide bonds. The Kier molecular flexibility index (Phi) is 6.95. The molecule has 0 aliphatic carbocycles. The summed E-state index contributed by atoms with van der Waals surface area (Å²) in [6, 6.07) is 38.3. The Morgan fingerprint density at radius 1 is 0.485 bits per heavy atom. The summed E-state index contributed by atoms with van der Waals surface area (Å²) in [4.78, 5) is 9.15. The fourth-order valence-electron chi connectivity index (χ4n) is 3.11. The number of hydrogen-bond acceptors (Lipinski definition) is 3. The summed E-state index contributed by atoms with van der Waals surface area (Å²) in [6.45, 7) is 0. The molecule has 7 heteroatoms. The van der Waals surface area contributed by atoms with Crippen LogP contribution in [0.2, 0.25) is 0 Å². The van der Waals surface area contributed by atoms with Crippen LogP contribution in [0.4, 0.5) is 22.7 Å². The van der Waals surface area contributed by atoms with Crippen molar-refractivity contribution in [3.05, 3.63) is 121 Å². The third kappa shape index (κ3) is 5.75. The van der Waals surface area contributed by atoms with Crippen molar-refractivity contribution in [1.29, 1.82) is 0 Å². The van der Waals surface area contributed by atoms with Gasteiger partial charge < -0.3 is 11.5 Å². The van der Waals surface area contributed by atoms with Gasteiger partial charge in [0.25, 0.3) is 0 Å². The van der Waals surface area contributed by atoms with E-state index in [1.54, 1.807) is 10.0 Å². The van der Waals surface area contributed by atoms with E-state index in [4.69, 9.17) is 11.5 Å². The molecule has 0 spiro atoms. The maximum Gasteiger partial charge on any atom is 0.217 e. The second-order valence-corrected chi connectivity index (χ2v) is 7.05. The minimum absolute atomic E-state index is 0.237. The van der Waals surface area contributed by atoms with Gasteiger partial charge in [0, 0.05) is 0 Å². The number of rotatable bonds is 6. The second kappa shape index (κ2) is 10.6. The average Bonchev–Trinajstić information content (AvgIpc) is 2.87. The second-order valence-electron chi connectivity index (χ2n) is 7.05. The molecular weight excluding hydrogens is 410 g/mol. The molecule has 0 aliphatic heterocycles. The van der Waals surface area contributed by atoms with E-state index in [0.717, 1.165) is 22.7 Å². The Morgan fingerprint density at radius 3 is 1.12 bits per heavy atom. The number of nitrogens with two attached hydrogens (primary N) is 2. The number of hydrogen-bond donors (Lipinski definition) is 3. The lowest BCUT2D eigenvalue weighted by Crippen LogP contribution is -2.59. The summed E-state index contributed by atoms with van der Waals surface area (Å²) >= 11 is 0. The van der Waals surface area contributed by atoms with Crippen molar-refractivity contribution < 1.29 is 0 Å². The van der Waals surface area contributed by atoms with E-state index in [0.29, 0.717) is 0 Å². The van der Waals surface area contributed by atoms with Crippen molar-refractivity contribution in [2.24, 2.45) is 21.5 Å². The van der Waals surface area contributed by atoms with E-state index in [2.05, 4.69) is 15.5 Å². The molecule has 4 aromatic carbocycles. The highest BCUT2D eigenvalue weighted by atomic mass is 15.8. The third-order valence-corrected chi connectivity index (χ3v) is 4.69. The van der Waals surface area contributed by atoms with E-state index < -0.39 is 0 Å². The molecule has 0 saturated heterocycles. The molecule has 0 saturated carbocycles. The number of guanidine groups is 2. The first-order chi connectivity index (χ1) is 16.2. The lowest BCUT2D eigenvalue weighted by Gasteiger charge is -2.32. The summed E-state index contributed by atoms with van der Waals surface area (Å²) in [6.07, 6.45) is 0. The summed E-state index contributed by atoms with van der Waals surface area (Å²) in [5, 5.41) is 3.32. The highest BCUT2D eigenvalue weighted by Crippen LogP contribution is 2.19. The highest BCUT2D eigenvalue weighted by molar-refractivity contribution is 5.99. The van der Waals surface area contributed by atoms with Crippen LogP contribution in [0.15, 0.2) is 131 Å². The van der Waals surface area contributed by atoms with Gasteiger partial charge in [-0.15, -0.1) is 5.53 Å². The molecule has 33 heavy (non-hydrogen) atoms. The summed E-state index contributed by atoms with van der Waals surface area (Å²) < 4.78 is 0. The largest absolute Gasteiger partial charge is 0.368 e. The number of anilines is 2. The zero-order valence-electron chi connectivity index (χ0n) is 18.0. The van der Waals surface area contributed by atoms with Crippen molar-refractivity contribution in [1.82, 2.24) is 5.53 Å². The van der Waals surface area contributed by atoms with Gasteiger partial charge >= 0.3 is 0 Å². The Morgan fingerprint density at radius 2 is 0.788 bits per heavy atom. The van der Waals surface area contributed by atoms with E-state index in [1.165, 1.54) is 0 Å². The molecule has 0 aliphatic rings. The minimum atomic E-state index is 0.237. The van der Waals surface area contributed by atoms with Crippen LogP contribution in [0.3, 0.4) is 0 Å². The first-order valence-corrected chi connectivity index (χ1v) is 10.5. The molecular formula is C26H25N7. The fourth-order valence-corrected chi connectivity index (χ4v) is 3.11. The molecule has 0 fully saturated rings. The number of aliphatic imine (C=N–C) groups is 2. The van der Waals surface area contributed by atoms with Crippen LogP contribution in [-0.2, 0) is 0 Å². The number of hydrazine groups is 2. The molecule has 5 N–H and O–H groups in total. The monoisotopic (exact) mass is 435 g/mol. The number of para-hydroxylation sites is 4. The number of nitrogens with one attached hydrogen (secondary N) is 1. The SMILES string of the molecule is NC(=Nc1ccccc1)N(NN(C(N)=Nc1ccccc1)c1ccccc1)c1ccccc1. The van der Waals surface area contributed by atoms with Gasteiger partial charge in [0.05, 0.1) is 22.7 Å². The molecule has 0 aromatic heterocycles. The predicted octanol–water partition coefficient (Wildman–Crippen LogP) is 4.71. The molecule has 7 nitrogen and oxygen atoms in total. The van der Waals surface area contributed by atoms with Gasteiger partial charge in [0.1, 0.15) is 0 Å². The van der Waals surface area contributed by atoms with Crippen LogP contribution >= 0.6 is 0 Å². The van der Waals surface area contributed by atoms with Crippen molar-refractivity contribution in [2.45, 2.75) is 0 Å².